The van der Waals surface area contributed by atoms with E-state index in [-0.39, 0.29) is 25.9 Å². The quantitative estimate of drug-likeness (QED) is 0.239. The molecule has 0 saturated carbocycles. The number of hydrogen-bond donors (Lipinski definition) is 0. The van der Waals surface area contributed by atoms with E-state index in [0.29, 0.717) is 45.6 Å². The van der Waals surface area contributed by atoms with Gasteiger partial charge in [-0.1, -0.05) is 35.3 Å². The number of carbonyl (C=O) groups is 5. The van der Waals surface area contributed by atoms with Gasteiger partial charge in [0.1, 0.15) is 36.0 Å². The SMILES string of the molecule is CCOc1ccc2c(c1)C1=C(SC(C(=O)OC)=C(C(=O)OC)C13SC(C(=O)OC)=C(C(=O)OC)S3)C(C)(C)N2C(=O)c1cc(OC)cc(OC)c1. The molecule has 0 N–H and O–H groups in total. The topological polar surface area (TPSA) is 153 Å². The number of hydrogen-bond acceptors (Lipinski definition) is 15. The number of benzene rings is 2. The first kappa shape index (κ1) is 37.7. The minimum Gasteiger partial charge on any atom is -0.497 e. The van der Waals surface area contributed by atoms with E-state index in [1.807, 2.05) is 6.92 Å². The number of nitrogens with zero attached hydrogens (tertiary/aromatic N) is 1. The monoisotopic (exact) mass is 757 g/mol. The highest BCUT2D eigenvalue weighted by Gasteiger charge is 2.62. The Hall–Kier alpha value is -4.54. The van der Waals surface area contributed by atoms with Crippen LogP contribution in [0.2, 0.25) is 0 Å². The Labute approximate surface area is 307 Å². The summed E-state index contributed by atoms with van der Waals surface area (Å²) in [7, 11) is 7.58. The summed E-state index contributed by atoms with van der Waals surface area (Å²) in [6, 6.07) is 9.96. The van der Waals surface area contributed by atoms with Crippen LogP contribution in [0.5, 0.6) is 17.2 Å². The lowest BCUT2D eigenvalue weighted by Crippen LogP contribution is -2.53. The summed E-state index contributed by atoms with van der Waals surface area (Å²) in [5.74, 6) is -2.75. The maximum atomic E-state index is 14.8. The molecule has 0 aromatic heterocycles. The Morgan fingerprint density at radius 1 is 0.686 bits per heavy atom. The highest BCUT2D eigenvalue weighted by Crippen LogP contribution is 2.71. The number of esters is 4. The number of methoxy groups -OCH3 is 6. The summed E-state index contributed by atoms with van der Waals surface area (Å²) in [6.45, 7) is 5.70. The van der Waals surface area contributed by atoms with Crippen LogP contribution in [0, 0.1) is 0 Å². The van der Waals surface area contributed by atoms with Crippen molar-refractivity contribution in [1.29, 1.82) is 0 Å². The van der Waals surface area contributed by atoms with Gasteiger partial charge in [-0.25, -0.2) is 19.2 Å². The molecular weight excluding hydrogens is 723 g/mol. The van der Waals surface area contributed by atoms with Crippen molar-refractivity contribution in [2.45, 2.75) is 30.4 Å². The molecule has 270 valence electrons. The molecule has 0 unspecified atom stereocenters. The van der Waals surface area contributed by atoms with E-state index in [9.17, 15) is 24.0 Å². The third kappa shape index (κ3) is 6.22. The minimum atomic E-state index is -1.74. The fourth-order valence-corrected chi connectivity index (χ4v) is 11.0. The number of amides is 1. The molecule has 51 heavy (non-hydrogen) atoms. The van der Waals surface area contributed by atoms with Crippen molar-refractivity contribution in [2.75, 3.05) is 54.2 Å². The van der Waals surface area contributed by atoms with Crippen molar-refractivity contribution in [3.8, 4) is 17.2 Å². The number of anilines is 1. The summed E-state index contributed by atoms with van der Waals surface area (Å²) >= 11 is 2.61. The minimum absolute atomic E-state index is 0.152. The number of thioether (sulfide) groups is 3. The average Bonchev–Trinajstić information content (AvgIpc) is 3.53. The van der Waals surface area contributed by atoms with E-state index in [0.717, 1.165) is 63.7 Å². The van der Waals surface area contributed by atoms with Gasteiger partial charge in [0.2, 0.25) is 0 Å². The Balaban J connectivity index is 1.90. The third-order valence-corrected chi connectivity index (χ3v) is 12.9. The van der Waals surface area contributed by atoms with Gasteiger partial charge in [-0.3, -0.25) is 9.69 Å². The zero-order valence-corrected chi connectivity index (χ0v) is 31.7. The molecule has 16 heteroatoms. The maximum absolute atomic E-state index is 14.8. The normalized spacial score (nSPS) is 17.0. The first-order valence-electron chi connectivity index (χ1n) is 15.3. The molecule has 2 aromatic rings. The predicted molar refractivity (Wildman–Crippen MR) is 193 cm³/mol. The Morgan fingerprint density at radius 3 is 1.71 bits per heavy atom. The fraction of sp³-hybridized carbons (Fsp3) is 0.343. The van der Waals surface area contributed by atoms with Gasteiger partial charge in [0, 0.05) is 27.7 Å². The molecule has 5 rings (SSSR count). The van der Waals surface area contributed by atoms with Gasteiger partial charge in [-0.15, -0.1) is 0 Å². The van der Waals surface area contributed by atoms with E-state index in [1.54, 1.807) is 55.1 Å². The van der Waals surface area contributed by atoms with Crippen LogP contribution in [-0.2, 0) is 38.1 Å². The van der Waals surface area contributed by atoms with Gasteiger partial charge < -0.3 is 33.2 Å². The van der Waals surface area contributed by atoms with E-state index >= 15 is 0 Å². The van der Waals surface area contributed by atoms with Gasteiger partial charge in [0.25, 0.3) is 5.91 Å². The van der Waals surface area contributed by atoms with Gasteiger partial charge in [-0.2, -0.15) is 0 Å². The predicted octanol–water partition coefficient (Wildman–Crippen LogP) is 5.33. The van der Waals surface area contributed by atoms with Crippen LogP contribution in [-0.4, -0.2) is 88.7 Å². The molecule has 0 fully saturated rings. The van der Waals surface area contributed by atoms with Crippen molar-refractivity contribution in [3.05, 3.63) is 72.7 Å². The van der Waals surface area contributed by atoms with Gasteiger partial charge in [0.05, 0.1) is 66.1 Å². The van der Waals surface area contributed by atoms with Crippen molar-refractivity contribution in [2.24, 2.45) is 0 Å². The molecule has 0 bridgehead atoms. The molecular formula is C35H35NO12S3. The first-order valence-corrected chi connectivity index (χ1v) is 17.7. The van der Waals surface area contributed by atoms with Crippen molar-refractivity contribution in [3.63, 3.8) is 0 Å². The van der Waals surface area contributed by atoms with Crippen molar-refractivity contribution in [1.82, 2.24) is 0 Å². The van der Waals surface area contributed by atoms with E-state index < -0.39 is 39.4 Å². The summed E-state index contributed by atoms with van der Waals surface area (Å²) in [5, 5.41) is 0. The molecule has 1 amide bonds. The second kappa shape index (κ2) is 14.6. The number of carbonyl (C=O) groups excluding carboxylic acids is 5. The lowest BCUT2D eigenvalue weighted by atomic mass is 9.83. The highest BCUT2D eigenvalue weighted by atomic mass is 32.2. The molecule has 0 atom stereocenters. The van der Waals surface area contributed by atoms with Gasteiger partial charge in [0.15, 0.2) is 0 Å². The van der Waals surface area contributed by atoms with Crippen LogP contribution in [0.15, 0.2) is 61.6 Å². The van der Waals surface area contributed by atoms with Gasteiger partial charge >= 0.3 is 23.9 Å². The van der Waals surface area contributed by atoms with Crippen LogP contribution >= 0.6 is 35.3 Å². The van der Waals surface area contributed by atoms with Crippen LogP contribution < -0.4 is 19.1 Å². The third-order valence-electron chi connectivity index (χ3n) is 8.22. The number of rotatable bonds is 9. The molecule has 0 aliphatic carbocycles. The zero-order chi connectivity index (χ0) is 37.4. The molecule has 2 aromatic carbocycles. The number of ether oxygens (including phenoxy) is 7. The summed E-state index contributed by atoms with van der Waals surface area (Å²) in [4.78, 5) is 70.5. The summed E-state index contributed by atoms with van der Waals surface area (Å²) in [5.41, 5.74) is 0.0483. The van der Waals surface area contributed by atoms with E-state index in [1.165, 1.54) is 14.2 Å². The Bertz CT molecular complexity index is 1900. The summed E-state index contributed by atoms with van der Waals surface area (Å²) < 4.78 is 35.6. The second-order valence-electron chi connectivity index (χ2n) is 11.4. The highest BCUT2D eigenvalue weighted by molar-refractivity contribution is 8.26. The largest absolute Gasteiger partial charge is 0.497 e. The average molecular weight is 758 g/mol. The van der Waals surface area contributed by atoms with Crippen LogP contribution in [0.25, 0.3) is 5.57 Å². The fourth-order valence-electron chi connectivity index (χ4n) is 5.98. The molecule has 3 aliphatic heterocycles. The Morgan fingerprint density at radius 2 is 1.22 bits per heavy atom. The van der Waals surface area contributed by atoms with Crippen LogP contribution in [0.3, 0.4) is 0 Å². The van der Waals surface area contributed by atoms with Crippen LogP contribution in [0.1, 0.15) is 36.7 Å². The van der Waals surface area contributed by atoms with Gasteiger partial charge in [-0.05, 0) is 51.1 Å². The standard InChI is InChI=1S/C35H35NO12S3/c1-10-48-18-11-12-22-21(16-18)23-28(34(2,3)36(22)29(37)17-13-19(42-4)15-20(14-17)43-5)49-25(31(39)45-7)24(30(38)44-6)35(23)50-26(32(40)46-8)27(51-35)33(41)47-9/h11-16H,10H2,1-9H3. The second-order valence-corrected chi connectivity index (χ2v) is 15.1. The summed E-state index contributed by atoms with van der Waals surface area (Å²) in [6.07, 6.45) is 0. The molecule has 13 nitrogen and oxygen atoms in total. The van der Waals surface area contributed by atoms with Crippen LogP contribution in [0.4, 0.5) is 5.69 Å². The molecule has 0 radical (unpaired) electrons. The Kier molecular flexibility index (Phi) is 10.8. The molecule has 1 spiro atoms. The van der Waals surface area contributed by atoms with E-state index in [2.05, 4.69) is 0 Å². The first-order chi connectivity index (χ1) is 24.3. The lowest BCUT2D eigenvalue weighted by Gasteiger charge is -2.50. The molecule has 0 saturated heterocycles. The lowest BCUT2D eigenvalue weighted by molar-refractivity contribution is -0.138. The van der Waals surface area contributed by atoms with E-state index in [4.69, 9.17) is 33.2 Å². The maximum Gasteiger partial charge on any atom is 0.345 e. The molecule has 3 aliphatic rings. The smallest absolute Gasteiger partial charge is 0.345 e. The zero-order valence-electron chi connectivity index (χ0n) is 29.2. The van der Waals surface area contributed by atoms with Crippen molar-refractivity contribution >= 4 is 76.3 Å². The molecule has 3 heterocycles. The number of fused-ring (bicyclic) bond motifs is 3. The van der Waals surface area contributed by atoms with Crippen molar-refractivity contribution < 1.29 is 57.1 Å².